The van der Waals surface area contributed by atoms with Crippen molar-refractivity contribution in [2.24, 2.45) is 0 Å². The lowest BCUT2D eigenvalue weighted by atomic mass is 10.1. The second-order valence-corrected chi connectivity index (χ2v) is 8.34. The van der Waals surface area contributed by atoms with Gasteiger partial charge >= 0.3 is 0 Å². The highest BCUT2D eigenvalue weighted by Crippen LogP contribution is 2.32. The van der Waals surface area contributed by atoms with Crippen LogP contribution in [0.15, 0.2) is 55.1 Å². The van der Waals surface area contributed by atoms with Gasteiger partial charge < -0.3 is 24.3 Å². The van der Waals surface area contributed by atoms with Gasteiger partial charge in [0.25, 0.3) is 5.91 Å². The molecule has 0 bridgehead atoms. The minimum absolute atomic E-state index is 0.0524. The Morgan fingerprint density at radius 3 is 2.70 bits per heavy atom. The Morgan fingerprint density at radius 2 is 1.97 bits per heavy atom. The van der Waals surface area contributed by atoms with E-state index in [9.17, 15) is 4.79 Å². The summed E-state index contributed by atoms with van der Waals surface area (Å²) in [6, 6.07) is 11.5. The molecule has 174 valence electrons. The highest BCUT2D eigenvalue weighted by Gasteiger charge is 2.27. The molecule has 0 radical (unpaired) electrons. The van der Waals surface area contributed by atoms with Crippen molar-refractivity contribution in [1.82, 2.24) is 19.9 Å². The third-order valence-electron chi connectivity index (χ3n) is 5.66. The molecule has 1 aliphatic rings. The van der Waals surface area contributed by atoms with Gasteiger partial charge in [-0.15, -0.1) is 0 Å². The lowest BCUT2D eigenvalue weighted by Crippen LogP contribution is -2.46. The molecular formula is C25H31N5O3. The van der Waals surface area contributed by atoms with Crippen LogP contribution in [0.25, 0.3) is 11.3 Å². The van der Waals surface area contributed by atoms with Crippen LogP contribution in [0.2, 0.25) is 0 Å². The van der Waals surface area contributed by atoms with E-state index in [0.29, 0.717) is 31.0 Å². The van der Waals surface area contributed by atoms with Gasteiger partial charge in [-0.1, -0.05) is 12.1 Å². The van der Waals surface area contributed by atoms with Crippen LogP contribution in [0.1, 0.15) is 30.6 Å². The van der Waals surface area contributed by atoms with Gasteiger partial charge in [-0.2, -0.15) is 0 Å². The van der Waals surface area contributed by atoms with E-state index in [1.807, 2.05) is 61.0 Å². The maximum absolute atomic E-state index is 13.2. The maximum atomic E-state index is 13.2. The molecule has 0 unspecified atom stereocenters. The van der Waals surface area contributed by atoms with Gasteiger partial charge in [0, 0.05) is 44.1 Å². The monoisotopic (exact) mass is 449 g/mol. The molecule has 0 spiro atoms. The molecule has 1 aromatic carbocycles. The van der Waals surface area contributed by atoms with Crippen molar-refractivity contribution in [3.05, 3.63) is 60.7 Å². The molecule has 4 rings (SSSR count). The number of nitrogens with one attached hydrogen (secondary N) is 1. The van der Waals surface area contributed by atoms with Gasteiger partial charge in [0.05, 0.1) is 36.9 Å². The first-order chi connectivity index (χ1) is 16.0. The number of para-hydroxylation sites is 1. The van der Waals surface area contributed by atoms with Crippen molar-refractivity contribution in [3.63, 3.8) is 0 Å². The van der Waals surface area contributed by atoms with E-state index in [4.69, 9.17) is 14.5 Å². The minimum atomic E-state index is -0.124. The van der Waals surface area contributed by atoms with E-state index in [1.165, 1.54) is 0 Å². The van der Waals surface area contributed by atoms with E-state index < -0.39 is 0 Å². The van der Waals surface area contributed by atoms with E-state index in [0.717, 1.165) is 30.0 Å². The number of rotatable bonds is 8. The number of aryl methyl sites for hydroxylation is 1. The summed E-state index contributed by atoms with van der Waals surface area (Å²) in [5.41, 5.74) is 2.23. The molecule has 33 heavy (non-hydrogen) atoms. The fourth-order valence-corrected chi connectivity index (χ4v) is 4.20. The van der Waals surface area contributed by atoms with E-state index in [1.54, 1.807) is 19.6 Å². The summed E-state index contributed by atoms with van der Waals surface area (Å²) in [6.45, 7) is 6.81. The second-order valence-electron chi connectivity index (χ2n) is 8.34. The Bertz CT molecular complexity index is 1060. The number of carbonyl (C=O) groups excluding carboxylic acids is 1. The second kappa shape index (κ2) is 10.5. The lowest BCUT2D eigenvalue weighted by molar-refractivity contribution is -0.00551. The molecule has 8 heteroatoms. The van der Waals surface area contributed by atoms with Crippen molar-refractivity contribution in [2.75, 3.05) is 31.6 Å². The fraction of sp³-hybridized carbons (Fsp3) is 0.400. The van der Waals surface area contributed by atoms with Crippen LogP contribution in [-0.4, -0.2) is 59.4 Å². The van der Waals surface area contributed by atoms with Crippen molar-refractivity contribution in [2.45, 2.75) is 39.0 Å². The third kappa shape index (κ3) is 5.51. The normalized spacial score (nSPS) is 18.2. The SMILES string of the molecule is COc1ccccc1-c1ccc(C(=O)NCCCn2ccnc2)c(N2C[C@@H](C)O[C@@H](C)C2)n1. The summed E-state index contributed by atoms with van der Waals surface area (Å²) >= 11 is 0. The Kier molecular flexibility index (Phi) is 7.24. The molecule has 3 aromatic rings. The molecular weight excluding hydrogens is 418 g/mol. The van der Waals surface area contributed by atoms with Crippen LogP contribution < -0.4 is 15.0 Å². The molecule has 1 aliphatic heterocycles. The highest BCUT2D eigenvalue weighted by molar-refractivity contribution is 5.99. The summed E-state index contributed by atoms with van der Waals surface area (Å²) in [6.07, 6.45) is 6.37. The van der Waals surface area contributed by atoms with E-state index in [2.05, 4.69) is 15.2 Å². The number of amides is 1. The van der Waals surface area contributed by atoms with Crippen LogP contribution in [0.4, 0.5) is 5.82 Å². The number of hydrogen-bond donors (Lipinski definition) is 1. The van der Waals surface area contributed by atoms with Crippen LogP contribution in [0, 0.1) is 0 Å². The van der Waals surface area contributed by atoms with Gasteiger partial charge in [0.2, 0.25) is 0 Å². The number of hydrogen-bond acceptors (Lipinski definition) is 6. The number of imidazole rings is 1. The third-order valence-corrected chi connectivity index (χ3v) is 5.66. The van der Waals surface area contributed by atoms with Gasteiger partial charge in [-0.05, 0) is 44.5 Å². The van der Waals surface area contributed by atoms with Gasteiger partial charge in [0.15, 0.2) is 0 Å². The summed E-state index contributed by atoms with van der Waals surface area (Å²) in [7, 11) is 1.65. The lowest BCUT2D eigenvalue weighted by Gasteiger charge is -2.37. The quantitative estimate of drug-likeness (QED) is 0.531. The summed E-state index contributed by atoms with van der Waals surface area (Å²) in [5, 5.41) is 3.05. The average molecular weight is 450 g/mol. The van der Waals surface area contributed by atoms with Crippen molar-refractivity contribution in [3.8, 4) is 17.0 Å². The number of benzene rings is 1. The van der Waals surface area contributed by atoms with Crippen LogP contribution in [0.3, 0.4) is 0 Å². The smallest absolute Gasteiger partial charge is 0.255 e. The number of morpholine rings is 1. The number of methoxy groups -OCH3 is 1. The Balaban J connectivity index is 1.59. The number of aromatic nitrogens is 3. The van der Waals surface area contributed by atoms with Crippen molar-refractivity contribution < 1.29 is 14.3 Å². The molecule has 0 saturated carbocycles. The van der Waals surface area contributed by atoms with Crippen molar-refractivity contribution in [1.29, 1.82) is 0 Å². The standard InChI is InChI=1S/C25H31N5O3/c1-18-15-30(16-19(2)33-18)24-21(25(31)27-11-6-13-29-14-12-26-17-29)9-10-22(28-24)20-7-4-5-8-23(20)32-3/h4-5,7-10,12,14,17-19H,6,11,13,15-16H2,1-3H3,(H,27,31)/t18-,19+. The predicted octanol–water partition coefficient (Wildman–Crippen LogP) is 3.39. The molecule has 2 atom stereocenters. The molecule has 1 fully saturated rings. The molecule has 2 aromatic heterocycles. The van der Waals surface area contributed by atoms with E-state index in [-0.39, 0.29) is 18.1 Å². The molecule has 1 N–H and O–H groups in total. The van der Waals surface area contributed by atoms with E-state index >= 15 is 0 Å². The molecule has 1 saturated heterocycles. The zero-order valence-electron chi connectivity index (χ0n) is 19.4. The Hall–Kier alpha value is -3.39. The first-order valence-corrected chi connectivity index (χ1v) is 11.3. The zero-order valence-corrected chi connectivity index (χ0v) is 19.4. The maximum Gasteiger partial charge on any atom is 0.255 e. The topological polar surface area (TPSA) is 81.5 Å². The number of nitrogens with zero attached hydrogens (tertiary/aromatic N) is 4. The van der Waals surface area contributed by atoms with Gasteiger partial charge in [-0.3, -0.25) is 4.79 Å². The average Bonchev–Trinajstić information content (AvgIpc) is 3.34. The highest BCUT2D eigenvalue weighted by atomic mass is 16.5. The van der Waals surface area contributed by atoms with Crippen LogP contribution in [-0.2, 0) is 11.3 Å². The first-order valence-electron chi connectivity index (χ1n) is 11.3. The molecule has 0 aliphatic carbocycles. The fourth-order valence-electron chi connectivity index (χ4n) is 4.20. The first kappa shape index (κ1) is 22.8. The number of pyridine rings is 1. The summed E-state index contributed by atoms with van der Waals surface area (Å²) < 4.78 is 13.4. The van der Waals surface area contributed by atoms with Gasteiger partial charge in [0.1, 0.15) is 11.6 Å². The van der Waals surface area contributed by atoms with Crippen molar-refractivity contribution >= 4 is 11.7 Å². The molecule has 8 nitrogen and oxygen atoms in total. The number of ether oxygens (including phenoxy) is 2. The predicted molar refractivity (Wildman–Crippen MR) is 128 cm³/mol. The summed E-state index contributed by atoms with van der Waals surface area (Å²) in [5.74, 6) is 1.30. The summed E-state index contributed by atoms with van der Waals surface area (Å²) in [4.78, 5) is 24.3. The Labute approximate surface area is 194 Å². The van der Waals surface area contributed by atoms with Crippen LogP contribution >= 0.6 is 0 Å². The Morgan fingerprint density at radius 1 is 1.18 bits per heavy atom. The minimum Gasteiger partial charge on any atom is -0.496 e. The zero-order chi connectivity index (χ0) is 23.2. The molecule has 3 heterocycles. The largest absolute Gasteiger partial charge is 0.496 e. The molecule has 1 amide bonds. The van der Waals surface area contributed by atoms with Crippen LogP contribution in [0.5, 0.6) is 5.75 Å². The number of carbonyl (C=O) groups is 1. The number of anilines is 1. The van der Waals surface area contributed by atoms with Gasteiger partial charge in [-0.25, -0.2) is 9.97 Å².